The number of rotatable bonds is 3. The van der Waals surface area contributed by atoms with Crippen molar-refractivity contribution >= 4 is 11.6 Å². The van der Waals surface area contributed by atoms with Crippen molar-refractivity contribution in [2.24, 2.45) is 11.7 Å². The van der Waals surface area contributed by atoms with Gasteiger partial charge in [0.1, 0.15) is 0 Å². The van der Waals surface area contributed by atoms with Crippen LogP contribution in [-0.2, 0) is 4.79 Å². The van der Waals surface area contributed by atoms with Crippen molar-refractivity contribution in [3.8, 4) is 0 Å². The first-order valence-corrected chi connectivity index (χ1v) is 6.22. The highest BCUT2D eigenvalue weighted by atomic mass is 16.1. The Labute approximate surface area is 103 Å². The zero-order valence-electron chi connectivity index (χ0n) is 10.5. The van der Waals surface area contributed by atoms with Crippen molar-refractivity contribution in [2.75, 3.05) is 18.0 Å². The summed E-state index contributed by atoms with van der Waals surface area (Å²) >= 11 is 0. The molecule has 0 bridgehead atoms. The van der Waals surface area contributed by atoms with Crippen LogP contribution in [0, 0.1) is 5.92 Å². The Bertz CT molecular complexity index is 414. The zero-order valence-corrected chi connectivity index (χ0v) is 10.5. The van der Waals surface area contributed by atoms with Crippen LogP contribution in [0.25, 0.3) is 0 Å². The predicted molar refractivity (Wildman–Crippen MR) is 70.0 cm³/mol. The zero-order chi connectivity index (χ0) is 12.4. The van der Waals surface area contributed by atoms with Gasteiger partial charge in [0.2, 0.25) is 5.91 Å². The van der Waals surface area contributed by atoms with E-state index in [9.17, 15) is 4.79 Å². The number of para-hydroxylation sites is 1. The summed E-state index contributed by atoms with van der Waals surface area (Å²) in [6.45, 7) is 6.08. The molecule has 2 N–H and O–H groups in total. The molecule has 17 heavy (non-hydrogen) atoms. The number of benzene rings is 1. The largest absolute Gasteiger partial charge is 0.370 e. The number of primary amides is 1. The first-order chi connectivity index (χ1) is 8.09. The van der Waals surface area contributed by atoms with Crippen molar-refractivity contribution < 1.29 is 4.79 Å². The molecule has 0 saturated carbocycles. The molecule has 0 radical (unpaired) electrons. The minimum atomic E-state index is -0.172. The molecule has 0 spiro atoms. The number of hydrogen-bond donors (Lipinski definition) is 1. The van der Waals surface area contributed by atoms with Crippen LogP contribution in [0.15, 0.2) is 24.3 Å². The van der Waals surface area contributed by atoms with E-state index in [-0.39, 0.29) is 11.8 Å². The van der Waals surface area contributed by atoms with E-state index in [1.807, 2.05) is 0 Å². The third kappa shape index (κ3) is 2.43. The van der Waals surface area contributed by atoms with Gasteiger partial charge in [0.25, 0.3) is 0 Å². The first-order valence-electron chi connectivity index (χ1n) is 6.22. The van der Waals surface area contributed by atoms with Crippen LogP contribution >= 0.6 is 0 Å². The van der Waals surface area contributed by atoms with Crippen LogP contribution in [0.4, 0.5) is 5.69 Å². The summed E-state index contributed by atoms with van der Waals surface area (Å²) in [7, 11) is 0. The van der Waals surface area contributed by atoms with E-state index in [0.29, 0.717) is 5.92 Å². The summed E-state index contributed by atoms with van der Waals surface area (Å²) in [5, 5.41) is 0. The van der Waals surface area contributed by atoms with Gasteiger partial charge >= 0.3 is 0 Å². The molecule has 3 heteroatoms. The second kappa shape index (κ2) is 4.78. The normalized spacial score (nSPS) is 19.9. The van der Waals surface area contributed by atoms with E-state index in [1.54, 1.807) is 0 Å². The van der Waals surface area contributed by atoms with Gasteiger partial charge in [-0.15, -0.1) is 0 Å². The maximum atomic E-state index is 11.2. The fraction of sp³-hybridized carbons (Fsp3) is 0.500. The average Bonchev–Trinajstić information content (AvgIpc) is 2.78. The molecule has 92 valence electrons. The summed E-state index contributed by atoms with van der Waals surface area (Å²) in [5.41, 5.74) is 7.97. The maximum absolute atomic E-state index is 11.2. The van der Waals surface area contributed by atoms with E-state index in [0.717, 1.165) is 19.5 Å². The number of amides is 1. The summed E-state index contributed by atoms with van der Waals surface area (Å²) in [5.74, 6) is 0.337. The van der Waals surface area contributed by atoms with E-state index >= 15 is 0 Å². The quantitative estimate of drug-likeness (QED) is 0.867. The lowest BCUT2D eigenvalue weighted by Gasteiger charge is -2.23. The smallest absolute Gasteiger partial charge is 0.222 e. The van der Waals surface area contributed by atoms with E-state index < -0.39 is 0 Å². The molecular weight excluding hydrogens is 212 g/mol. The molecule has 1 aliphatic heterocycles. The average molecular weight is 232 g/mol. The Hall–Kier alpha value is -1.51. The lowest BCUT2D eigenvalue weighted by atomic mass is 10.0. The SMILES string of the molecule is CC(C)c1ccccc1N1CCC(C(N)=O)C1. The van der Waals surface area contributed by atoms with Crippen LogP contribution < -0.4 is 10.6 Å². The molecule has 3 nitrogen and oxygen atoms in total. The fourth-order valence-electron chi connectivity index (χ4n) is 2.48. The Morgan fingerprint density at radius 3 is 2.71 bits per heavy atom. The molecule has 1 amide bonds. The predicted octanol–water partition coefficient (Wildman–Crippen LogP) is 2.12. The monoisotopic (exact) mass is 232 g/mol. The number of anilines is 1. The second-order valence-electron chi connectivity index (χ2n) is 5.05. The molecule has 1 unspecified atom stereocenters. The van der Waals surface area contributed by atoms with Gasteiger partial charge in [0.05, 0.1) is 5.92 Å². The summed E-state index contributed by atoms with van der Waals surface area (Å²) in [4.78, 5) is 13.5. The van der Waals surface area contributed by atoms with Crippen LogP contribution in [0.1, 0.15) is 31.7 Å². The van der Waals surface area contributed by atoms with Gasteiger partial charge in [-0.1, -0.05) is 32.0 Å². The Kier molecular flexibility index (Phi) is 3.36. The van der Waals surface area contributed by atoms with E-state index in [2.05, 4.69) is 43.0 Å². The molecule has 1 heterocycles. The molecule has 0 aromatic heterocycles. The third-order valence-electron chi connectivity index (χ3n) is 3.49. The minimum absolute atomic E-state index is 0.00946. The number of hydrogen-bond acceptors (Lipinski definition) is 2. The maximum Gasteiger partial charge on any atom is 0.222 e. The topological polar surface area (TPSA) is 46.3 Å². The van der Waals surface area contributed by atoms with Crippen molar-refractivity contribution in [3.05, 3.63) is 29.8 Å². The van der Waals surface area contributed by atoms with Gasteiger partial charge in [-0.2, -0.15) is 0 Å². The molecule has 1 fully saturated rings. The number of nitrogens with two attached hydrogens (primary N) is 1. The number of carbonyl (C=O) groups excluding carboxylic acids is 1. The summed E-state index contributed by atoms with van der Waals surface area (Å²) in [6.07, 6.45) is 0.877. The highest BCUT2D eigenvalue weighted by Gasteiger charge is 2.27. The lowest BCUT2D eigenvalue weighted by Crippen LogP contribution is -2.27. The van der Waals surface area contributed by atoms with Crippen LogP contribution in [-0.4, -0.2) is 19.0 Å². The molecule has 0 aliphatic carbocycles. The van der Waals surface area contributed by atoms with E-state index in [4.69, 9.17) is 5.73 Å². The Morgan fingerprint density at radius 2 is 2.12 bits per heavy atom. The van der Waals surface area contributed by atoms with Gasteiger partial charge in [-0.05, 0) is 24.0 Å². The van der Waals surface area contributed by atoms with Crippen LogP contribution in [0.5, 0.6) is 0 Å². The minimum Gasteiger partial charge on any atom is -0.370 e. The van der Waals surface area contributed by atoms with Gasteiger partial charge in [0, 0.05) is 18.8 Å². The highest BCUT2D eigenvalue weighted by Crippen LogP contribution is 2.31. The molecule has 1 aliphatic rings. The van der Waals surface area contributed by atoms with Gasteiger partial charge < -0.3 is 10.6 Å². The van der Waals surface area contributed by atoms with Crippen molar-refractivity contribution in [1.82, 2.24) is 0 Å². The van der Waals surface area contributed by atoms with Gasteiger partial charge in [0.15, 0.2) is 0 Å². The lowest BCUT2D eigenvalue weighted by molar-refractivity contribution is -0.121. The van der Waals surface area contributed by atoms with Crippen molar-refractivity contribution in [2.45, 2.75) is 26.2 Å². The standard InChI is InChI=1S/C14H20N2O/c1-10(2)12-5-3-4-6-13(12)16-8-7-11(9-16)14(15)17/h3-6,10-11H,7-9H2,1-2H3,(H2,15,17). The van der Waals surface area contributed by atoms with Crippen LogP contribution in [0.3, 0.4) is 0 Å². The molecule has 1 aromatic rings. The van der Waals surface area contributed by atoms with Crippen molar-refractivity contribution in [1.29, 1.82) is 0 Å². The van der Waals surface area contributed by atoms with Gasteiger partial charge in [-0.25, -0.2) is 0 Å². The molecule has 1 saturated heterocycles. The molecular formula is C14H20N2O. The Morgan fingerprint density at radius 1 is 1.41 bits per heavy atom. The molecule has 2 rings (SSSR count). The second-order valence-corrected chi connectivity index (χ2v) is 5.05. The fourth-order valence-corrected chi connectivity index (χ4v) is 2.48. The first kappa shape index (κ1) is 12.0. The van der Waals surface area contributed by atoms with Gasteiger partial charge in [-0.3, -0.25) is 4.79 Å². The summed E-state index contributed by atoms with van der Waals surface area (Å²) in [6, 6.07) is 8.43. The number of carbonyl (C=O) groups is 1. The van der Waals surface area contributed by atoms with E-state index in [1.165, 1.54) is 11.3 Å². The summed E-state index contributed by atoms with van der Waals surface area (Å²) < 4.78 is 0. The van der Waals surface area contributed by atoms with Crippen molar-refractivity contribution in [3.63, 3.8) is 0 Å². The number of nitrogens with zero attached hydrogens (tertiary/aromatic N) is 1. The highest BCUT2D eigenvalue weighted by molar-refractivity contribution is 5.78. The molecule has 1 aromatic carbocycles. The Balaban J connectivity index is 2.21. The van der Waals surface area contributed by atoms with Crippen LogP contribution in [0.2, 0.25) is 0 Å². The third-order valence-corrected chi connectivity index (χ3v) is 3.49. The molecule has 1 atom stereocenters.